The molecule has 0 spiro atoms. The molecule has 2 aromatic rings. The van der Waals surface area contributed by atoms with Gasteiger partial charge in [-0.25, -0.2) is 8.78 Å². The number of hydrogen-bond donors (Lipinski definition) is 1. The molecule has 0 amide bonds. The predicted octanol–water partition coefficient (Wildman–Crippen LogP) is 2.88. The highest BCUT2D eigenvalue weighted by atomic mass is 19.1. The molecular weight excluding hydrogens is 256 g/mol. The van der Waals surface area contributed by atoms with Crippen LogP contribution in [0, 0.1) is 21.7 Å². The summed E-state index contributed by atoms with van der Waals surface area (Å²) in [4.78, 5) is 13.4. The summed E-state index contributed by atoms with van der Waals surface area (Å²) >= 11 is 0. The molecule has 1 aromatic carbocycles. The molecule has 0 fully saturated rings. The Bertz CT molecular complexity index is 602. The van der Waals surface area contributed by atoms with Crippen LogP contribution >= 0.6 is 0 Å². The average Bonchev–Trinajstić information content (AvgIpc) is 2.38. The second-order valence-corrected chi connectivity index (χ2v) is 3.75. The molecule has 1 heterocycles. The number of nitro groups is 1. The van der Waals surface area contributed by atoms with Gasteiger partial charge >= 0.3 is 5.82 Å². The fourth-order valence-corrected chi connectivity index (χ4v) is 1.46. The predicted molar refractivity (Wildman–Crippen MR) is 64.6 cm³/mol. The Morgan fingerprint density at radius 2 is 2.05 bits per heavy atom. The van der Waals surface area contributed by atoms with Crippen molar-refractivity contribution in [2.24, 2.45) is 0 Å². The molecule has 1 aromatic heterocycles. The molecule has 0 saturated carbocycles. The van der Waals surface area contributed by atoms with Crippen molar-refractivity contribution >= 4 is 11.5 Å². The Morgan fingerprint density at radius 1 is 1.26 bits per heavy atom. The number of aromatic nitrogens is 1. The third-order valence-electron chi connectivity index (χ3n) is 2.43. The van der Waals surface area contributed by atoms with E-state index in [0.29, 0.717) is 11.3 Å². The minimum atomic E-state index is -0.651. The standard InChI is InChI=1S/C12H9F2N3O2/c13-9-2-1-8(11(14)5-9)6-15-10-3-4-12(16-7-10)17(18)19/h1-5,7,15H,6H2. The smallest absolute Gasteiger partial charge is 0.363 e. The Labute approximate surface area is 107 Å². The van der Waals surface area contributed by atoms with Crippen molar-refractivity contribution in [3.05, 3.63) is 63.8 Å². The molecule has 5 nitrogen and oxygen atoms in total. The molecule has 0 saturated heterocycles. The number of hydrogen-bond acceptors (Lipinski definition) is 4. The lowest BCUT2D eigenvalue weighted by atomic mass is 10.2. The molecule has 2 rings (SSSR count). The third kappa shape index (κ3) is 3.21. The van der Waals surface area contributed by atoms with Crippen LogP contribution in [0.25, 0.3) is 0 Å². The lowest BCUT2D eigenvalue weighted by Gasteiger charge is -2.06. The fraction of sp³-hybridized carbons (Fsp3) is 0.0833. The lowest BCUT2D eigenvalue weighted by Crippen LogP contribution is -2.03. The van der Waals surface area contributed by atoms with Gasteiger partial charge in [-0.3, -0.25) is 0 Å². The molecule has 0 atom stereocenters. The van der Waals surface area contributed by atoms with Gasteiger partial charge in [-0.1, -0.05) is 6.07 Å². The first-order valence-electron chi connectivity index (χ1n) is 5.34. The van der Waals surface area contributed by atoms with Crippen LogP contribution in [0.5, 0.6) is 0 Å². The molecule has 0 unspecified atom stereocenters. The maximum absolute atomic E-state index is 13.3. The van der Waals surface area contributed by atoms with E-state index in [1.165, 1.54) is 24.4 Å². The van der Waals surface area contributed by atoms with Crippen LogP contribution in [-0.2, 0) is 6.54 Å². The van der Waals surface area contributed by atoms with Crippen molar-refractivity contribution in [2.45, 2.75) is 6.54 Å². The molecule has 0 aliphatic heterocycles. The van der Waals surface area contributed by atoms with Crippen molar-refractivity contribution in [3.8, 4) is 0 Å². The maximum Gasteiger partial charge on any atom is 0.363 e. The normalized spacial score (nSPS) is 10.2. The second-order valence-electron chi connectivity index (χ2n) is 3.75. The molecule has 19 heavy (non-hydrogen) atoms. The summed E-state index contributed by atoms with van der Waals surface area (Å²) in [6, 6.07) is 5.99. The van der Waals surface area contributed by atoms with E-state index in [0.717, 1.165) is 12.1 Å². The van der Waals surface area contributed by atoms with E-state index in [2.05, 4.69) is 10.3 Å². The van der Waals surface area contributed by atoms with Gasteiger partial charge in [-0.2, -0.15) is 0 Å². The SMILES string of the molecule is O=[N+]([O-])c1ccc(NCc2ccc(F)cc2F)cn1. The van der Waals surface area contributed by atoms with Gasteiger partial charge in [0.05, 0.1) is 5.69 Å². The topological polar surface area (TPSA) is 68.1 Å². The van der Waals surface area contributed by atoms with E-state index >= 15 is 0 Å². The monoisotopic (exact) mass is 265 g/mol. The minimum absolute atomic E-state index is 0.131. The Hall–Kier alpha value is -2.57. The minimum Gasteiger partial charge on any atom is -0.378 e. The van der Waals surface area contributed by atoms with E-state index in [1.807, 2.05) is 0 Å². The number of nitrogens with zero attached hydrogens (tertiary/aromatic N) is 2. The first-order valence-corrected chi connectivity index (χ1v) is 5.34. The summed E-state index contributed by atoms with van der Waals surface area (Å²) in [7, 11) is 0. The van der Waals surface area contributed by atoms with Gasteiger partial charge in [0.2, 0.25) is 0 Å². The quantitative estimate of drug-likeness (QED) is 0.681. The van der Waals surface area contributed by atoms with Crippen molar-refractivity contribution in [3.63, 3.8) is 0 Å². The van der Waals surface area contributed by atoms with E-state index in [1.54, 1.807) is 0 Å². The second kappa shape index (κ2) is 5.38. The van der Waals surface area contributed by atoms with Crippen molar-refractivity contribution in [1.29, 1.82) is 0 Å². The van der Waals surface area contributed by atoms with Gasteiger partial charge < -0.3 is 15.4 Å². The van der Waals surface area contributed by atoms with Gasteiger partial charge in [0.25, 0.3) is 0 Å². The first kappa shape index (κ1) is 12.9. The van der Waals surface area contributed by atoms with Crippen molar-refractivity contribution in [2.75, 3.05) is 5.32 Å². The summed E-state index contributed by atoms with van der Waals surface area (Å²) in [6.07, 6.45) is 1.28. The van der Waals surface area contributed by atoms with Gasteiger partial charge in [0.1, 0.15) is 11.6 Å². The van der Waals surface area contributed by atoms with Crippen LogP contribution in [0.4, 0.5) is 20.3 Å². The summed E-state index contributed by atoms with van der Waals surface area (Å²) in [5.74, 6) is -1.56. The van der Waals surface area contributed by atoms with Crippen molar-refractivity contribution in [1.82, 2.24) is 4.98 Å². The van der Waals surface area contributed by atoms with Crippen LogP contribution in [-0.4, -0.2) is 9.91 Å². The zero-order valence-electron chi connectivity index (χ0n) is 9.64. The van der Waals surface area contributed by atoms with Crippen LogP contribution in [0.3, 0.4) is 0 Å². The highest BCUT2D eigenvalue weighted by Crippen LogP contribution is 2.14. The number of anilines is 1. The molecular formula is C12H9F2N3O2. The van der Waals surface area contributed by atoms with E-state index in [-0.39, 0.29) is 12.4 Å². The van der Waals surface area contributed by atoms with Crippen LogP contribution in [0.15, 0.2) is 36.5 Å². The van der Waals surface area contributed by atoms with E-state index < -0.39 is 16.6 Å². The zero-order valence-corrected chi connectivity index (χ0v) is 9.64. The van der Waals surface area contributed by atoms with E-state index in [9.17, 15) is 18.9 Å². The number of rotatable bonds is 4. The Kier molecular flexibility index (Phi) is 3.65. The molecule has 0 aliphatic carbocycles. The average molecular weight is 265 g/mol. The fourth-order valence-electron chi connectivity index (χ4n) is 1.46. The number of nitrogens with one attached hydrogen (secondary N) is 1. The van der Waals surface area contributed by atoms with Crippen LogP contribution in [0.2, 0.25) is 0 Å². The van der Waals surface area contributed by atoms with Gasteiger partial charge in [-0.05, 0) is 22.0 Å². The van der Waals surface area contributed by atoms with E-state index in [4.69, 9.17) is 0 Å². The van der Waals surface area contributed by atoms with Crippen molar-refractivity contribution < 1.29 is 13.7 Å². The highest BCUT2D eigenvalue weighted by molar-refractivity contribution is 5.44. The first-order chi connectivity index (χ1) is 9.06. The molecule has 7 heteroatoms. The molecule has 1 N–H and O–H groups in total. The molecule has 0 bridgehead atoms. The number of pyridine rings is 1. The lowest BCUT2D eigenvalue weighted by molar-refractivity contribution is -0.389. The molecule has 0 radical (unpaired) electrons. The highest BCUT2D eigenvalue weighted by Gasteiger charge is 2.07. The molecule has 98 valence electrons. The Balaban J connectivity index is 2.04. The summed E-state index contributed by atoms with van der Waals surface area (Å²) < 4.78 is 26.0. The van der Waals surface area contributed by atoms with Gasteiger partial charge in [-0.15, -0.1) is 0 Å². The maximum atomic E-state index is 13.3. The van der Waals surface area contributed by atoms with Gasteiger partial charge in [0, 0.05) is 24.2 Å². The van der Waals surface area contributed by atoms with Crippen LogP contribution < -0.4 is 5.32 Å². The zero-order chi connectivity index (χ0) is 13.8. The summed E-state index contributed by atoms with van der Waals surface area (Å²) in [5.41, 5.74) is 0.800. The largest absolute Gasteiger partial charge is 0.378 e. The summed E-state index contributed by atoms with van der Waals surface area (Å²) in [5, 5.41) is 13.2. The summed E-state index contributed by atoms with van der Waals surface area (Å²) in [6.45, 7) is 0.131. The van der Waals surface area contributed by atoms with Gasteiger partial charge in [0.15, 0.2) is 6.20 Å². The van der Waals surface area contributed by atoms with Crippen LogP contribution in [0.1, 0.15) is 5.56 Å². The third-order valence-corrected chi connectivity index (χ3v) is 2.43. The molecule has 0 aliphatic rings. The Morgan fingerprint density at radius 3 is 2.63 bits per heavy atom. The number of benzene rings is 1. The number of halogens is 2.